The lowest BCUT2D eigenvalue weighted by Gasteiger charge is -2.34. The maximum absolute atomic E-state index is 10.9. The number of allylic oxidation sites excluding steroid dienone is 2. The Morgan fingerprint density at radius 3 is 2.31 bits per heavy atom. The van der Waals surface area contributed by atoms with Gasteiger partial charge in [-0.3, -0.25) is 10.1 Å². The first-order valence-electron chi connectivity index (χ1n) is 4.33. The largest absolute Gasteiger partial charge is 0.264 e. The van der Waals surface area contributed by atoms with Crippen LogP contribution in [0.5, 0.6) is 0 Å². The summed E-state index contributed by atoms with van der Waals surface area (Å²) < 4.78 is 0. The average Bonchev–Trinajstić information content (AvgIpc) is 1.96. The number of hydrogen-bond donors (Lipinski definition) is 0. The van der Waals surface area contributed by atoms with Crippen molar-refractivity contribution in [2.75, 3.05) is 0 Å². The van der Waals surface area contributed by atoms with Gasteiger partial charge in [-0.15, -0.1) is 0 Å². The molecule has 1 aliphatic rings. The molecule has 0 amide bonds. The Morgan fingerprint density at radius 1 is 1.38 bits per heavy atom. The Labute approximate surface area is 78.3 Å². The number of hydrogen-bond acceptors (Lipinski definition) is 2. The first-order chi connectivity index (χ1) is 5.79. The van der Waals surface area contributed by atoms with Gasteiger partial charge in [-0.25, -0.2) is 0 Å². The molecule has 1 rings (SSSR count). The molecule has 1 unspecified atom stereocenters. The number of nitrogens with zero attached hydrogens (tertiary/aromatic N) is 1. The topological polar surface area (TPSA) is 43.1 Å². The lowest BCUT2D eigenvalue weighted by atomic mass is 9.70. The summed E-state index contributed by atoms with van der Waals surface area (Å²) in [5.74, 6) is 0. The summed E-state index contributed by atoms with van der Waals surface area (Å²) in [5.41, 5.74) is -0.314. The molecule has 0 aromatic rings. The molecule has 13 heavy (non-hydrogen) atoms. The van der Waals surface area contributed by atoms with Crippen LogP contribution in [0.3, 0.4) is 0 Å². The van der Waals surface area contributed by atoms with Crippen LogP contribution in [-0.4, -0.2) is 10.5 Å². The quantitative estimate of drug-likeness (QED) is 0.461. The molecule has 0 N–H and O–H groups in total. The highest BCUT2D eigenvalue weighted by Crippen LogP contribution is 2.39. The standard InChI is InChI=1S/C10H15NO2/c1-8-5-6-10(4,11(12)13)9(2,3)7-8/h5-7H,1-4H3. The van der Waals surface area contributed by atoms with Crippen molar-refractivity contribution in [1.29, 1.82) is 0 Å². The van der Waals surface area contributed by atoms with Gasteiger partial charge in [-0.2, -0.15) is 0 Å². The lowest BCUT2D eigenvalue weighted by molar-refractivity contribution is -0.567. The van der Waals surface area contributed by atoms with Gasteiger partial charge in [0, 0.05) is 11.8 Å². The highest BCUT2D eigenvalue weighted by molar-refractivity contribution is 5.30. The molecule has 72 valence electrons. The summed E-state index contributed by atoms with van der Waals surface area (Å²) in [4.78, 5) is 10.7. The third kappa shape index (κ3) is 1.39. The van der Waals surface area contributed by atoms with Crippen LogP contribution in [0.4, 0.5) is 0 Å². The highest BCUT2D eigenvalue weighted by atomic mass is 16.6. The third-order valence-corrected chi connectivity index (χ3v) is 2.94. The minimum absolute atomic E-state index is 0.216. The summed E-state index contributed by atoms with van der Waals surface area (Å²) in [6.45, 7) is 7.40. The van der Waals surface area contributed by atoms with Crippen LogP contribution in [0.1, 0.15) is 27.7 Å². The summed E-state index contributed by atoms with van der Waals surface area (Å²) in [7, 11) is 0. The van der Waals surface area contributed by atoms with Gasteiger partial charge in [-0.05, 0) is 26.8 Å². The number of rotatable bonds is 1. The van der Waals surface area contributed by atoms with Crippen molar-refractivity contribution in [2.45, 2.75) is 33.2 Å². The van der Waals surface area contributed by atoms with Gasteiger partial charge in [0.25, 0.3) is 0 Å². The van der Waals surface area contributed by atoms with Gasteiger partial charge in [-0.1, -0.05) is 17.7 Å². The van der Waals surface area contributed by atoms with E-state index >= 15 is 0 Å². The van der Waals surface area contributed by atoms with Crippen molar-refractivity contribution in [3.63, 3.8) is 0 Å². The lowest BCUT2D eigenvalue weighted by Crippen LogP contribution is -2.47. The van der Waals surface area contributed by atoms with E-state index in [1.165, 1.54) is 0 Å². The molecule has 3 heteroatoms. The van der Waals surface area contributed by atoms with Gasteiger partial charge in [0.05, 0.1) is 5.41 Å². The smallest absolute Gasteiger partial charge is 0.246 e. The zero-order chi connectivity index (χ0) is 10.3. The Hall–Kier alpha value is -1.12. The van der Waals surface area contributed by atoms with Crippen molar-refractivity contribution >= 4 is 0 Å². The fourth-order valence-electron chi connectivity index (χ4n) is 1.57. The number of nitro groups is 1. The van der Waals surface area contributed by atoms with E-state index in [0.29, 0.717) is 0 Å². The van der Waals surface area contributed by atoms with Gasteiger partial charge >= 0.3 is 0 Å². The Balaban J connectivity index is 3.18. The van der Waals surface area contributed by atoms with Gasteiger partial charge in [0.2, 0.25) is 5.54 Å². The summed E-state index contributed by atoms with van der Waals surface area (Å²) in [6, 6.07) is 0. The highest BCUT2D eigenvalue weighted by Gasteiger charge is 2.49. The monoisotopic (exact) mass is 181 g/mol. The van der Waals surface area contributed by atoms with Crippen molar-refractivity contribution < 1.29 is 4.92 Å². The minimum Gasteiger partial charge on any atom is -0.264 e. The molecule has 0 bridgehead atoms. The van der Waals surface area contributed by atoms with Crippen LogP contribution in [0.15, 0.2) is 23.8 Å². The zero-order valence-corrected chi connectivity index (χ0v) is 8.50. The van der Waals surface area contributed by atoms with E-state index in [-0.39, 0.29) is 4.92 Å². The fourth-order valence-corrected chi connectivity index (χ4v) is 1.57. The van der Waals surface area contributed by atoms with E-state index in [2.05, 4.69) is 0 Å². The minimum atomic E-state index is -0.980. The second-order valence-corrected chi connectivity index (χ2v) is 4.35. The Kier molecular flexibility index (Phi) is 2.06. The van der Waals surface area contributed by atoms with Crippen molar-refractivity contribution in [2.24, 2.45) is 5.41 Å². The van der Waals surface area contributed by atoms with Crippen LogP contribution in [0.2, 0.25) is 0 Å². The first-order valence-corrected chi connectivity index (χ1v) is 4.33. The molecule has 3 nitrogen and oxygen atoms in total. The fraction of sp³-hybridized carbons (Fsp3) is 0.600. The van der Waals surface area contributed by atoms with E-state index in [1.54, 1.807) is 13.0 Å². The molecule has 0 saturated heterocycles. The SMILES string of the molecule is CC1=CC(C)(C)C(C)([N+](=O)[O-])C=C1. The van der Waals surface area contributed by atoms with Crippen LogP contribution >= 0.6 is 0 Å². The molecular weight excluding hydrogens is 166 g/mol. The van der Waals surface area contributed by atoms with E-state index in [4.69, 9.17) is 0 Å². The molecule has 0 aromatic carbocycles. The zero-order valence-electron chi connectivity index (χ0n) is 8.50. The maximum Gasteiger partial charge on any atom is 0.246 e. The molecule has 0 radical (unpaired) electrons. The summed E-state index contributed by atoms with van der Waals surface area (Å²) in [6.07, 6.45) is 5.45. The molecule has 0 saturated carbocycles. The van der Waals surface area contributed by atoms with E-state index < -0.39 is 11.0 Å². The van der Waals surface area contributed by atoms with Crippen LogP contribution < -0.4 is 0 Å². The molecule has 0 spiro atoms. The molecule has 0 fully saturated rings. The van der Waals surface area contributed by atoms with Crippen LogP contribution in [0.25, 0.3) is 0 Å². The third-order valence-electron chi connectivity index (χ3n) is 2.94. The maximum atomic E-state index is 10.9. The van der Waals surface area contributed by atoms with Crippen molar-refractivity contribution in [1.82, 2.24) is 0 Å². The molecular formula is C10H15NO2. The van der Waals surface area contributed by atoms with Gasteiger partial charge < -0.3 is 0 Å². The second kappa shape index (κ2) is 2.69. The van der Waals surface area contributed by atoms with Gasteiger partial charge in [0.15, 0.2) is 0 Å². The summed E-state index contributed by atoms with van der Waals surface area (Å²) >= 11 is 0. The van der Waals surface area contributed by atoms with E-state index in [1.807, 2.05) is 32.9 Å². The normalized spacial score (nSPS) is 31.2. The average molecular weight is 181 g/mol. The predicted molar refractivity (Wildman–Crippen MR) is 52.1 cm³/mol. The second-order valence-electron chi connectivity index (χ2n) is 4.35. The molecule has 0 aromatic heterocycles. The van der Waals surface area contributed by atoms with Crippen molar-refractivity contribution in [3.8, 4) is 0 Å². The van der Waals surface area contributed by atoms with E-state index in [0.717, 1.165) is 5.57 Å². The predicted octanol–water partition coefficient (Wildman–Crippen LogP) is 2.56. The Morgan fingerprint density at radius 2 is 1.92 bits per heavy atom. The molecule has 0 heterocycles. The Bertz CT molecular complexity index is 302. The van der Waals surface area contributed by atoms with Crippen molar-refractivity contribution in [3.05, 3.63) is 33.9 Å². The van der Waals surface area contributed by atoms with Crippen LogP contribution in [0, 0.1) is 15.5 Å². The molecule has 1 atom stereocenters. The molecule has 0 aliphatic heterocycles. The first kappa shape index (κ1) is 9.96. The molecule has 1 aliphatic carbocycles. The summed E-state index contributed by atoms with van der Waals surface area (Å²) in [5, 5.41) is 10.9. The van der Waals surface area contributed by atoms with Gasteiger partial charge in [0.1, 0.15) is 0 Å². The van der Waals surface area contributed by atoms with Crippen LogP contribution in [-0.2, 0) is 0 Å². The van der Waals surface area contributed by atoms with E-state index in [9.17, 15) is 10.1 Å².